The van der Waals surface area contributed by atoms with Crippen LogP contribution >= 0.6 is 0 Å². The van der Waals surface area contributed by atoms with E-state index in [0.717, 1.165) is 12.5 Å². The summed E-state index contributed by atoms with van der Waals surface area (Å²) in [6, 6.07) is 0. The topological polar surface area (TPSA) is 61.4 Å². The van der Waals surface area contributed by atoms with Crippen molar-refractivity contribution in [1.29, 1.82) is 0 Å². The molecular formula is C10H23N3O2S. The molecule has 0 saturated carbocycles. The predicted octanol–water partition coefficient (Wildman–Crippen LogP) is -0.533. The number of piperidine rings is 1. The number of hydrogen-bond acceptors (Lipinski definition) is 4. The van der Waals surface area contributed by atoms with Crippen molar-refractivity contribution in [1.82, 2.24) is 14.9 Å². The minimum Gasteiger partial charge on any atom is -0.315 e. The van der Waals surface area contributed by atoms with Gasteiger partial charge in [0.05, 0.1) is 6.26 Å². The summed E-state index contributed by atoms with van der Waals surface area (Å²) < 4.78 is 24.0. The summed E-state index contributed by atoms with van der Waals surface area (Å²) in [5.41, 5.74) is 0. The number of nitrogens with one attached hydrogen (secondary N) is 2. The quantitative estimate of drug-likeness (QED) is 0.621. The van der Waals surface area contributed by atoms with Gasteiger partial charge in [0.2, 0.25) is 10.0 Å². The molecule has 0 bridgehead atoms. The lowest BCUT2D eigenvalue weighted by Gasteiger charge is -2.29. The molecule has 96 valence electrons. The van der Waals surface area contributed by atoms with Gasteiger partial charge in [0.15, 0.2) is 0 Å². The lowest BCUT2D eigenvalue weighted by atomic mass is 9.97. The predicted molar refractivity (Wildman–Crippen MR) is 65.9 cm³/mol. The average molecular weight is 249 g/mol. The number of nitrogens with zero attached hydrogens (tertiary/aromatic N) is 1. The number of hydrogen-bond donors (Lipinski definition) is 2. The zero-order chi connectivity index (χ0) is 12.0. The van der Waals surface area contributed by atoms with Gasteiger partial charge in [0, 0.05) is 13.1 Å². The molecule has 0 amide bonds. The largest absolute Gasteiger partial charge is 0.315 e. The number of likely N-dealkylation sites (tertiary alicyclic amines) is 1. The van der Waals surface area contributed by atoms with E-state index >= 15 is 0 Å². The molecular weight excluding hydrogens is 226 g/mol. The highest BCUT2D eigenvalue weighted by Crippen LogP contribution is 2.14. The third kappa shape index (κ3) is 6.42. The fourth-order valence-electron chi connectivity index (χ4n) is 1.90. The maximum absolute atomic E-state index is 10.8. The minimum absolute atomic E-state index is 0.478. The Kier molecular flexibility index (Phi) is 5.68. The summed E-state index contributed by atoms with van der Waals surface area (Å²) in [4.78, 5) is 2.35. The van der Waals surface area contributed by atoms with Crippen LogP contribution in [0.1, 0.15) is 12.8 Å². The second-order valence-electron chi connectivity index (χ2n) is 4.62. The maximum atomic E-state index is 10.8. The molecule has 1 saturated heterocycles. The summed E-state index contributed by atoms with van der Waals surface area (Å²) in [7, 11) is -0.881. The molecule has 1 heterocycles. The highest BCUT2D eigenvalue weighted by molar-refractivity contribution is 7.88. The van der Waals surface area contributed by atoms with E-state index in [-0.39, 0.29) is 0 Å². The van der Waals surface area contributed by atoms with E-state index in [2.05, 4.69) is 22.0 Å². The van der Waals surface area contributed by atoms with Crippen molar-refractivity contribution in [2.45, 2.75) is 12.8 Å². The zero-order valence-electron chi connectivity index (χ0n) is 10.2. The van der Waals surface area contributed by atoms with Crippen molar-refractivity contribution in [3.8, 4) is 0 Å². The van der Waals surface area contributed by atoms with Crippen LogP contribution in [0.25, 0.3) is 0 Å². The summed E-state index contributed by atoms with van der Waals surface area (Å²) >= 11 is 0. The van der Waals surface area contributed by atoms with E-state index < -0.39 is 10.0 Å². The summed E-state index contributed by atoms with van der Waals surface area (Å²) in [6.07, 6.45) is 3.66. The van der Waals surface area contributed by atoms with Gasteiger partial charge < -0.3 is 10.2 Å². The van der Waals surface area contributed by atoms with E-state index in [9.17, 15) is 8.42 Å². The average Bonchev–Trinajstić information content (AvgIpc) is 2.19. The van der Waals surface area contributed by atoms with Crippen LogP contribution in [0.4, 0.5) is 0 Å². The Hall–Kier alpha value is -0.170. The molecule has 6 heteroatoms. The second kappa shape index (κ2) is 6.54. The van der Waals surface area contributed by atoms with Crippen LogP contribution in [0.2, 0.25) is 0 Å². The first-order valence-corrected chi connectivity index (χ1v) is 7.70. The van der Waals surface area contributed by atoms with Crippen molar-refractivity contribution < 1.29 is 8.42 Å². The standard InChI is InChI=1S/C10H23N3O2S/c1-13-7-3-10(4-8-13)9-11-5-6-12-16(2,14)15/h10-12H,3-9H2,1-2H3. The molecule has 0 aromatic carbocycles. The Morgan fingerprint density at radius 1 is 1.25 bits per heavy atom. The third-order valence-electron chi connectivity index (χ3n) is 2.94. The van der Waals surface area contributed by atoms with Gasteiger partial charge in [0.25, 0.3) is 0 Å². The first kappa shape index (κ1) is 13.9. The van der Waals surface area contributed by atoms with Crippen LogP contribution < -0.4 is 10.0 Å². The van der Waals surface area contributed by atoms with Gasteiger partial charge in [-0.25, -0.2) is 13.1 Å². The third-order valence-corrected chi connectivity index (χ3v) is 3.67. The van der Waals surface area contributed by atoms with Gasteiger partial charge in [-0.05, 0) is 45.4 Å². The molecule has 1 aliphatic rings. The smallest absolute Gasteiger partial charge is 0.208 e. The molecule has 0 spiro atoms. The summed E-state index contributed by atoms with van der Waals surface area (Å²) in [6.45, 7) is 4.53. The van der Waals surface area contributed by atoms with Crippen LogP contribution in [-0.2, 0) is 10.0 Å². The molecule has 2 N–H and O–H groups in total. The Balaban J connectivity index is 1.99. The second-order valence-corrected chi connectivity index (χ2v) is 6.45. The zero-order valence-corrected chi connectivity index (χ0v) is 11.0. The molecule has 16 heavy (non-hydrogen) atoms. The molecule has 0 radical (unpaired) electrons. The van der Waals surface area contributed by atoms with Gasteiger partial charge in [-0.2, -0.15) is 0 Å². The van der Waals surface area contributed by atoms with Crippen molar-refractivity contribution in [3.05, 3.63) is 0 Å². The molecule has 0 atom stereocenters. The molecule has 5 nitrogen and oxygen atoms in total. The number of sulfonamides is 1. The van der Waals surface area contributed by atoms with Gasteiger partial charge >= 0.3 is 0 Å². The van der Waals surface area contributed by atoms with Crippen molar-refractivity contribution >= 4 is 10.0 Å². The van der Waals surface area contributed by atoms with Crippen molar-refractivity contribution in [2.75, 3.05) is 46.0 Å². The maximum Gasteiger partial charge on any atom is 0.208 e. The van der Waals surface area contributed by atoms with Crippen molar-refractivity contribution in [3.63, 3.8) is 0 Å². The normalized spacial score (nSPS) is 20.1. The van der Waals surface area contributed by atoms with Crippen LogP contribution in [0.3, 0.4) is 0 Å². The Morgan fingerprint density at radius 2 is 1.88 bits per heavy atom. The molecule has 0 aromatic rings. The molecule has 0 unspecified atom stereocenters. The monoisotopic (exact) mass is 249 g/mol. The summed E-state index contributed by atoms with van der Waals surface area (Å²) in [5.74, 6) is 0.745. The van der Waals surface area contributed by atoms with E-state index in [4.69, 9.17) is 0 Å². The lowest BCUT2D eigenvalue weighted by molar-refractivity contribution is 0.216. The Labute approximate surface area is 98.6 Å². The molecule has 1 aliphatic heterocycles. The van der Waals surface area contributed by atoms with Crippen molar-refractivity contribution in [2.24, 2.45) is 5.92 Å². The lowest BCUT2D eigenvalue weighted by Crippen LogP contribution is -2.37. The van der Waals surface area contributed by atoms with Gasteiger partial charge in [0.1, 0.15) is 0 Å². The molecule has 0 aromatic heterocycles. The molecule has 1 rings (SSSR count). The highest BCUT2D eigenvalue weighted by atomic mass is 32.2. The fourth-order valence-corrected chi connectivity index (χ4v) is 2.37. The van der Waals surface area contributed by atoms with E-state index in [1.54, 1.807) is 0 Å². The number of rotatable bonds is 6. The highest BCUT2D eigenvalue weighted by Gasteiger charge is 2.15. The summed E-state index contributed by atoms with van der Waals surface area (Å²) in [5, 5.41) is 3.30. The SMILES string of the molecule is CN1CCC(CNCCNS(C)(=O)=O)CC1. The van der Waals surface area contributed by atoms with E-state index in [1.165, 1.54) is 32.2 Å². The van der Waals surface area contributed by atoms with E-state index in [1.807, 2.05) is 0 Å². The van der Waals surface area contributed by atoms with Gasteiger partial charge in [-0.1, -0.05) is 0 Å². The Bertz CT molecular complexity index is 284. The first-order valence-electron chi connectivity index (χ1n) is 5.81. The van der Waals surface area contributed by atoms with Crippen LogP contribution in [0.15, 0.2) is 0 Å². The van der Waals surface area contributed by atoms with Crippen LogP contribution in [0, 0.1) is 5.92 Å². The van der Waals surface area contributed by atoms with Gasteiger partial charge in [-0.3, -0.25) is 0 Å². The van der Waals surface area contributed by atoms with Crippen LogP contribution in [0.5, 0.6) is 0 Å². The molecule has 0 aliphatic carbocycles. The first-order chi connectivity index (χ1) is 7.47. The van der Waals surface area contributed by atoms with Gasteiger partial charge in [-0.15, -0.1) is 0 Å². The van der Waals surface area contributed by atoms with Crippen LogP contribution in [-0.4, -0.2) is 59.3 Å². The fraction of sp³-hybridized carbons (Fsp3) is 1.00. The molecule has 1 fully saturated rings. The Morgan fingerprint density at radius 3 is 2.44 bits per heavy atom. The minimum atomic E-state index is -3.03. The van der Waals surface area contributed by atoms with E-state index in [0.29, 0.717) is 13.1 Å².